The van der Waals surface area contributed by atoms with Crippen molar-refractivity contribution >= 4 is 23.6 Å². The molecule has 0 spiro atoms. The fourth-order valence-corrected chi connectivity index (χ4v) is 4.34. The summed E-state index contributed by atoms with van der Waals surface area (Å²) in [7, 11) is 0. The number of benzene rings is 2. The van der Waals surface area contributed by atoms with Gasteiger partial charge in [-0.1, -0.05) is 13.8 Å². The number of halogens is 1. The number of anilines is 1. The largest absolute Gasteiger partial charge is 0.478 e. The molecular formula is C24H29FN2O2. The molecule has 4 nitrogen and oxygen atoms in total. The molecule has 1 atom stereocenters. The number of carboxylic acid groups (broad SMARTS) is 1. The number of fused-ring (bicyclic) bond motifs is 1. The average molecular weight is 397 g/mol. The lowest BCUT2D eigenvalue weighted by Crippen LogP contribution is -2.48. The summed E-state index contributed by atoms with van der Waals surface area (Å²) in [6.45, 7) is 11.5. The monoisotopic (exact) mass is 396 g/mol. The Labute approximate surface area is 172 Å². The van der Waals surface area contributed by atoms with Gasteiger partial charge in [-0.05, 0) is 81.0 Å². The van der Waals surface area contributed by atoms with Crippen LogP contribution in [0.15, 0.2) is 35.3 Å². The van der Waals surface area contributed by atoms with Crippen molar-refractivity contribution in [2.24, 2.45) is 4.99 Å². The fourth-order valence-electron chi connectivity index (χ4n) is 4.34. The van der Waals surface area contributed by atoms with Gasteiger partial charge in [-0.2, -0.15) is 0 Å². The van der Waals surface area contributed by atoms with E-state index in [1.165, 1.54) is 12.3 Å². The van der Waals surface area contributed by atoms with Crippen molar-refractivity contribution in [3.05, 3.63) is 58.4 Å². The van der Waals surface area contributed by atoms with Crippen molar-refractivity contribution in [1.29, 1.82) is 0 Å². The average Bonchev–Trinajstić information content (AvgIpc) is 2.64. The van der Waals surface area contributed by atoms with Crippen molar-refractivity contribution in [3.63, 3.8) is 0 Å². The summed E-state index contributed by atoms with van der Waals surface area (Å²) in [4.78, 5) is 17.8. The van der Waals surface area contributed by atoms with Crippen LogP contribution in [0.3, 0.4) is 0 Å². The van der Waals surface area contributed by atoms with Crippen molar-refractivity contribution < 1.29 is 14.3 Å². The zero-order valence-corrected chi connectivity index (χ0v) is 17.8. The van der Waals surface area contributed by atoms with Gasteiger partial charge in [0, 0.05) is 29.5 Å². The van der Waals surface area contributed by atoms with Crippen LogP contribution in [-0.4, -0.2) is 29.4 Å². The maximum Gasteiger partial charge on any atom is 0.335 e. The standard InChI is InChI=1S/C24H29FN2O2/c1-6-9-27-22-12-20(25)18(11-19(22)16(3)13-24(27,4)5)14-26-21-8-7-17(23(28)29)10-15(21)2/h7-8,10-12,14,16H,6,9,13H2,1-5H3,(H,28,29). The zero-order chi connectivity index (χ0) is 21.3. The van der Waals surface area contributed by atoms with Crippen molar-refractivity contribution in [3.8, 4) is 0 Å². The Morgan fingerprint density at radius 2 is 2.07 bits per heavy atom. The zero-order valence-electron chi connectivity index (χ0n) is 17.8. The van der Waals surface area contributed by atoms with Crippen LogP contribution >= 0.6 is 0 Å². The molecule has 154 valence electrons. The minimum atomic E-state index is -0.974. The lowest BCUT2D eigenvalue weighted by atomic mass is 9.79. The molecule has 1 heterocycles. The van der Waals surface area contributed by atoms with Crippen molar-refractivity contribution in [1.82, 2.24) is 0 Å². The van der Waals surface area contributed by atoms with Crippen LogP contribution in [0.2, 0.25) is 0 Å². The highest BCUT2D eigenvalue weighted by molar-refractivity contribution is 5.89. The number of hydrogen-bond acceptors (Lipinski definition) is 3. The molecule has 5 heteroatoms. The first-order chi connectivity index (χ1) is 13.6. The van der Waals surface area contributed by atoms with Crippen LogP contribution in [0.25, 0.3) is 0 Å². The van der Waals surface area contributed by atoms with E-state index in [0.29, 0.717) is 17.2 Å². The van der Waals surface area contributed by atoms with E-state index in [9.17, 15) is 9.18 Å². The first kappa shape index (κ1) is 21.0. The van der Waals surface area contributed by atoms with Crippen LogP contribution < -0.4 is 4.90 Å². The van der Waals surface area contributed by atoms with E-state index < -0.39 is 5.97 Å². The van der Waals surface area contributed by atoms with Gasteiger partial charge >= 0.3 is 5.97 Å². The number of rotatable bonds is 5. The van der Waals surface area contributed by atoms with E-state index in [1.807, 2.05) is 6.07 Å². The Hall–Kier alpha value is -2.69. The third-order valence-corrected chi connectivity index (χ3v) is 5.74. The predicted octanol–water partition coefficient (Wildman–Crippen LogP) is 6.09. The first-order valence-electron chi connectivity index (χ1n) is 10.1. The number of aromatic carboxylic acids is 1. The molecule has 1 aliphatic heterocycles. The molecule has 0 amide bonds. The molecule has 29 heavy (non-hydrogen) atoms. The minimum absolute atomic E-state index is 0.00648. The Balaban J connectivity index is 1.98. The third kappa shape index (κ3) is 4.19. The number of aryl methyl sites for hydroxylation is 1. The van der Waals surface area contributed by atoms with Gasteiger partial charge in [0.15, 0.2) is 0 Å². The summed E-state index contributed by atoms with van der Waals surface area (Å²) in [6.07, 6.45) is 3.56. The van der Waals surface area contributed by atoms with Crippen LogP contribution in [0.5, 0.6) is 0 Å². The maximum atomic E-state index is 14.9. The molecular weight excluding hydrogens is 367 g/mol. The van der Waals surface area contributed by atoms with Gasteiger partial charge in [-0.25, -0.2) is 9.18 Å². The molecule has 1 N–H and O–H groups in total. The second kappa shape index (κ2) is 7.97. The van der Waals surface area contributed by atoms with Gasteiger partial charge in [0.1, 0.15) is 5.82 Å². The highest BCUT2D eigenvalue weighted by Gasteiger charge is 2.36. The Bertz CT molecular complexity index is 966. The summed E-state index contributed by atoms with van der Waals surface area (Å²) < 4.78 is 14.9. The topological polar surface area (TPSA) is 52.9 Å². The Kier molecular flexibility index (Phi) is 5.78. The predicted molar refractivity (Wildman–Crippen MR) is 117 cm³/mol. The molecule has 0 radical (unpaired) electrons. The summed E-state index contributed by atoms with van der Waals surface area (Å²) in [5.41, 5.74) is 4.17. The number of carboxylic acids is 1. The lowest BCUT2D eigenvalue weighted by molar-refractivity contribution is 0.0697. The van der Waals surface area contributed by atoms with Crippen LogP contribution in [0, 0.1) is 12.7 Å². The molecule has 0 aliphatic carbocycles. The second-order valence-corrected chi connectivity index (χ2v) is 8.57. The quantitative estimate of drug-likeness (QED) is 0.623. The van der Waals surface area contributed by atoms with Gasteiger partial charge < -0.3 is 10.0 Å². The molecule has 1 aliphatic rings. The van der Waals surface area contributed by atoms with Crippen LogP contribution in [0.4, 0.5) is 15.8 Å². The van der Waals surface area contributed by atoms with Crippen molar-refractivity contribution in [2.45, 2.75) is 58.9 Å². The second-order valence-electron chi connectivity index (χ2n) is 8.57. The summed E-state index contributed by atoms with van der Waals surface area (Å²) in [6, 6.07) is 8.30. The van der Waals surface area contributed by atoms with Crippen molar-refractivity contribution in [2.75, 3.05) is 11.4 Å². The van der Waals surface area contributed by atoms with Gasteiger partial charge in [0.05, 0.1) is 11.3 Å². The highest BCUT2D eigenvalue weighted by atomic mass is 19.1. The molecule has 0 fully saturated rings. The smallest absolute Gasteiger partial charge is 0.335 e. The maximum absolute atomic E-state index is 14.9. The lowest BCUT2D eigenvalue weighted by Gasteiger charge is -2.47. The number of hydrogen-bond donors (Lipinski definition) is 1. The van der Waals surface area contributed by atoms with Crippen LogP contribution in [0.1, 0.15) is 73.5 Å². The van der Waals surface area contributed by atoms with E-state index in [4.69, 9.17) is 5.11 Å². The van der Waals surface area contributed by atoms with Gasteiger partial charge in [0.25, 0.3) is 0 Å². The fraction of sp³-hybridized carbons (Fsp3) is 0.417. The number of aliphatic imine (C=N–C) groups is 1. The SMILES string of the molecule is CCCN1c2cc(F)c(C=Nc3ccc(C(=O)O)cc3C)cc2C(C)CC1(C)C. The van der Waals surface area contributed by atoms with E-state index in [0.717, 1.165) is 36.2 Å². The number of carbonyl (C=O) groups is 1. The normalized spacial score (nSPS) is 18.1. The first-order valence-corrected chi connectivity index (χ1v) is 10.1. The molecule has 0 saturated carbocycles. The summed E-state index contributed by atoms with van der Waals surface area (Å²) >= 11 is 0. The summed E-state index contributed by atoms with van der Waals surface area (Å²) in [5.74, 6) is -0.936. The molecule has 0 aromatic heterocycles. The minimum Gasteiger partial charge on any atom is -0.478 e. The van der Waals surface area contributed by atoms with E-state index in [2.05, 4.69) is 37.6 Å². The van der Waals surface area contributed by atoms with E-state index in [1.54, 1.807) is 25.1 Å². The van der Waals surface area contributed by atoms with Gasteiger partial charge in [-0.3, -0.25) is 4.99 Å². The van der Waals surface area contributed by atoms with Gasteiger partial charge in [0.2, 0.25) is 0 Å². The molecule has 2 aromatic carbocycles. The third-order valence-electron chi connectivity index (χ3n) is 5.74. The van der Waals surface area contributed by atoms with Crippen LogP contribution in [-0.2, 0) is 0 Å². The van der Waals surface area contributed by atoms with E-state index >= 15 is 0 Å². The highest BCUT2D eigenvalue weighted by Crippen LogP contribution is 2.44. The Morgan fingerprint density at radius 3 is 2.69 bits per heavy atom. The molecule has 0 saturated heterocycles. The van der Waals surface area contributed by atoms with E-state index in [-0.39, 0.29) is 16.9 Å². The summed E-state index contributed by atoms with van der Waals surface area (Å²) in [5, 5.41) is 9.09. The van der Waals surface area contributed by atoms with Gasteiger partial charge in [-0.15, -0.1) is 0 Å². The number of nitrogens with zero attached hydrogens (tertiary/aromatic N) is 2. The molecule has 2 aromatic rings. The molecule has 3 rings (SSSR count). The Morgan fingerprint density at radius 1 is 1.34 bits per heavy atom. The molecule has 1 unspecified atom stereocenters. The molecule has 0 bridgehead atoms.